The minimum absolute atomic E-state index is 0.102. The second-order valence-electron chi connectivity index (χ2n) is 5.57. The summed E-state index contributed by atoms with van der Waals surface area (Å²) in [4.78, 5) is 2.20. The van der Waals surface area contributed by atoms with Crippen LogP contribution in [0.4, 0.5) is 4.39 Å². The van der Waals surface area contributed by atoms with E-state index in [9.17, 15) is 4.39 Å². The third-order valence-electron chi connectivity index (χ3n) is 3.69. The van der Waals surface area contributed by atoms with Gasteiger partial charge in [-0.05, 0) is 38.4 Å². The predicted octanol–water partition coefficient (Wildman–Crippen LogP) is 2.65. The highest BCUT2D eigenvalue weighted by molar-refractivity contribution is 5.17. The van der Waals surface area contributed by atoms with Gasteiger partial charge < -0.3 is 10.2 Å². The Morgan fingerprint density at radius 3 is 2.89 bits per heavy atom. The molecule has 1 aliphatic heterocycles. The van der Waals surface area contributed by atoms with E-state index in [1.165, 1.54) is 18.9 Å². The van der Waals surface area contributed by atoms with Gasteiger partial charge in [0.1, 0.15) is 5.82 Å². The van der Waals surface area contributed by atoms with Gasteiger partial charge in [0.05, 0.1) is 0 Å². The molecule has 1 fully saturated rings. The van der Waals surface area contributed by atoms with Crippen LogP contribution >= 0.6 is 0 Å². The lowest BCUT2D eigenvalue weighted by Crippen LogP contribution is -2.44. The molecule has 0 bridgehead atoms. The van der Waals surface area contributed by atoms with Crippen LogP contribution in [0.25, 0.3) is 0 Å². The average Bonchev–Trinajstić information content (AvgIpc) is 2.32. The fraction of sp³-hybridized carbons (Fsp3) is 0.600. The fourth-order valence-electron chi connectivity index (χ4n) is 2.72. The van der Waals surface area contributed by atoms with E-state index >= 15 is 0 Å². The van der Waals surface area contributed by atoms with Crippen LogP contribution in [0, 0.1) is 11.7 Å². The summed E-state index contributed by atoms with van der Waals surface area (Å²) in [6.45, 7) is 5.09. The van der Waals surface area contributed by atoms with Crippen LogP contribution in [-0.4, -0.2) is 31.1 Å². The zero-order valence-corrected chi connectivity index (χ0v) is 11.3. The maximum atomic E-state index is 13.5. The van der Waals surface area contributed by atoms with Gasteiger partial charge in [0, 0.05) is 24.7 Å². The first-order valence-corrected chi connectivity index (χ1v) is 6.80. The number of nitrogens with zero attached hydrogens (tertiary/aromatic N) is 1. The number of rotatable bonds is 4. The summed E-state index contributed by atoms with van der Waals surface area (Å²) in [7, 11) is 2.06. The van der Waals surface area contributed by atoms with Gasteiger partial charge in [0.15, 0.2) is 0 Å². The Morgan fingerprint density at radius 2 is 2.17 bits per heavy atom. The van der Waals surface area contributed by atoms with Gasteiger partial charge in [-0.15, -0.1) is 0 Å². The van der Waals surface area contributed by atoms with Gasteiger partial charge in [-0.3, -0.25) is 0 Å². The van der Waals surface area contributed by atoms with Gasteiger partial charge >= 0.3 is 0 Å². The first-order chi connectivity index (χ1) is 8.65. The molecule has 1 aromatic rings. The zero-order chi connectivity index (χ0) is 13.0. The van der Waals surface area contributed by atoms with Crippen LogP contribution in [0.5, 0.6) is 0 Å². The topological polar surface area (TPSA) is 15.3 Å². The fourth-order valence-corrected chi connectivity index (χ4v) is 2.72. The van der Waals surface area contributed by atoms with Gasteiger partial charge in [-0.2, -0.15) is 0 Å². The van der Waals surface area contributed by atoms with E-state index in [1.807, 2.05) is 12.1 Å². The molecule has 2 nitrogen and oxygen atoms in total. The Kier molecular flexibility index (Phi) is 4.72. The summed E-state index contributed by atoms with van der Waals surface area (Å²) >= 11 is 0. The summed E-state index contributed by atoms with van der Waals surface area (Å²) < 4.78 is 13.5. The highest BCUT2D eigenvalue weighted by atomic mass is 19.1. The summed E-state index contributed by atoms with van der Waals surface area (Å²) in [5.41, 5.74) is 0.781. The molecule has 0 aliphatic carbocycles. The van der Waals surface area contributed by atoms with Crippen molar-refractivity contribution in [2.75, 3.05) is 20.1 Å². The molecule has 0 radical (unpaired) electrons. The van der Waals surface area contributed by atoms with E-state index in [-0.39, 0.29) is 5.82 Å². The Morgan fingerprint density at radius 1 is 1.39 bits per heavy atom. The highest BCUT2D eigenvalue weighted by Gasteiger charge is 2.19. The summed E-state index contributed by atoms with van der Waals surface area (Å²) in [6.07, 6.45) is 2.50. The molecule has 2 unspecified atom stereocenters. The Balaban J connectivity index is 1.85. The van der Waals surface area contributed by atoms with Crippen molar-refractivity contribution in [2.24, 2.45) is 5.92 Å². The third-order valence-corrected chi connectivity index (χ3v) is 3.69. The van der Waals surface area contributed by atoms with Gasteiger partial charge in [0.2, 0.25) is 0 Å². The van der Waals surface area contributed by atoms with E-state index < -0.39 is 0 Å². The Labute approximate surface area is 109 Å². The second kappa shape index (κ2) is 6.30. The molecule has 1 saturated heterocycles. The van der Waals surface area contributed by atoms with Crippen molar-refractivity contribution in [1.29, 1.82) is 0 Å². The summed E-state index contributed by atoms with van der Waals surface area (Å²) in [5.74, 6) is 0.701. The molecule has 1 aliphatic rings. The van der Waals surface area contributed by atoms with Crippen molar-refractivity contribution in [3.05, 3.63) is 35.6 Å². The monoisotopic (exact) mass is 250 g/mol. The van der Waals surface area contributed by atoms with Gasteiger partial charge in [-0.1, -0.05) is 25.1 Å². The number of piperidine rings is 1. The lowest BCUT2D eigenvalue weighted by atomic mass is 9.94. The lowest BCUT2D eigenvalue weighted by molar-refractivity contribution is 0.228. The first kappa shape index (κ1) is 13.5. The van der Waals surface area contributed by atoms with Crippen LogP contribution in [0.3, 0.4) is 0 Å². The van der Waals surface area contributed by atoms with E-state index in [0.717, 1.165) is 24.6 Å². The van der Waals surface area contributed by atoms with Crippen LogP contribution in [0.2, 0.25) is 0 Å². The number of likely N-dealkylation sites (N-methyl/N-ethyl adjacent to an activating group) is 1. The Bertz CT molecular complexity index is 381. The molecular formula is C15H23FN2. The van der Waals surface area contributed by atoms with Gasteiger partial charge in [-0.25, -0.2) is 4.39 Å². The van der Waals surface area contributed by atoms with Crippen molar-refractivity contribution < 1.29 is 4.39 Å². The van der Waals surface area contributed by atoms with Crippen LogP contribution in [0.15, 0.2) is 24.3 Å². The molecule has 1 N–H and O–H groups in total. The van der Waals surface area contributed by atoms with E-state index in [1.54, 1.807) is 6.07 Å². The lowest BCUT2D eigenvalue weighted by Gasteiger charge is -2.31. The standard InChI is InChI=1S/C15H23FN2/c1-12-7-8-17-14(9-12)11-18(2)10-13-5-3-4-6-15(13)16/h3-6,12,14,17H,7-11H2,1-2H3. The van der Waals surface area contributed by atoms with Crippen LogP contribution in [-0.2, 0) is 6.54 Å². The molecule has 3 heteroatoms. The molecule has 0 amide bonds. The van der Waals surface area contributed by atoms with E-state index in [0.29, 0.717) is 12.6 Å². The summed E-state index contributed by atoms with van der Waals surface area (Å²) in [5, 5.41) is 3.55. The van der Waals surface area contributed by atoms with E-state index in [2.05, 4.69) is 24.2 Å². The van der Waals surface area contributed by atoms with Crippen LogP contribution < -0.4 is 5.32 Å². The first-order valence-electron chi connectivity index (χ1n) is 6.80. The number of hydrogen-bond acceptors (Lipinski definition) is 2. The minimum Gasteiger partial charge on any atom is -0.313 e. The SMILES string of the molecule is CC1CCNC(CN(C)Cc2ccccc2F)C1. The second-order valence-corrected chi connectivity index (χ2v) is 5.57. The minimum atomic E-state index is -0.102. The maximum absolute atomic E-state index is 13.5. The van der Waals surface area contributed by atoms with Crippen molar-refractivity contribution in [3.63, 3.8) is 0 Å². The summed E-state index contributed by atoms with van der Waals surface area (Å²) in [6, 6.07) is 7.58. The normalized spacial score (nSPS) is 24.4. The molecule has 0 saturated carbocycles. The molecule has 1 aromatic carbocycles. The number of hydrogen-bond donors (Lipinski definition) is 1. The van der Waals surface area contributed by atoms with E-state index in [4.69, 9.17) is 0 Å². The molecule has 18 heavy (non-hydrogen) atoms. The van der Waals surface area contributed by atoms with Crippen LogP contribution in [0.1, 0.15) is 25.3 Å². The molecule has 2 rings (SSSR count). The number of benzene rings is 1. The average molecular weight is 250 g/mol. The molecule has 0 spiro atoms. The molecule has 0 aromatic heterocycles. The molecule has 1 heterocycles. The van der Waals surface area contributed by atoms with Crippen molar-refractivity contribution in [1.82, 2.24) is 10.2 Å². The number of nitrogens with one attached hydrogen (secondary N) is 1. The predicted molar refractivity (Wildman–Crippen MR) is 72.9 cm³/mol. The van der Waals surface area contributed by atoms with Gasteiger partial charge in [0.25, 0.3) is 0 Å². The largest absolute Gasteiger partial charge is 0.313 e. The molecule has 2 atom stereocenters. The molecule has 100 valence electrons. The van der Waals surface area contributed by atoms with Crippen molar-refractivity contribution in [2.45, 2.75) is 32.4 Å². The smallest absolute Gasteiger partial charge is 0.127 e. The third kappa shape index (κ3) is 3.79. The maximum Gasteiger partial charge on any atom is 0.127 e. The quantitative estimate of drug-likeness (QED) is 0.883. The van der Waals surface area contributed by atoms with Crippen molar-refractivity contribution in [3.8, 4) is 0 Å². The number of halogens is 1. The molecular weight excluding hydrogens is 227 g/mol. The zero-order valence-electron chi connectivity index (χ0n) is 11.3. The van der Waals surface area contributed by atoms with Crippen molar-refractivity contribution >= 4 is 0 Å². The Hall–Kier alpha value is -0.930. The highest BCUT2D eigenvalue weighted by Crippen LogP contribution is 2.16.